The van der Waals surface area contributed by atoms with E-state index in [-0.39, 0.29) is 48.1 Å². The standard InChI is InChI=1S/C28H34ClF3N4O4/c1-5-40-26(39)17-6-9-19(10-7-17)36-25(38)20-12-16(4)35(14-23(20)34-27(36)33-15(2)3)24(37)18-8-11-22(29)21(13-18)28(30,31)32/h8,11,13,15-17,19H,5-7,9-10,12,14H2,1-4H3,(H,33,34)/t16-,17?,19?/m1/s1. The van der Waals surface area contributed by atoms with Crippen LogP contribution in [0, 0.1) is 5.92 Å². The Labute approximate surface area is 235 Å². The molecule has 0 saturated heterocycles. The minimum Gasteiger partial charge on any atom is -0.466 e. The Morgan fingerprint density at radius 3 is 2.48 bits per heavy atom. The molecule has 2 aliphatic rings. The molecular formula is C28H34ClF3N4O4. The second-order valence-electron chi connectivity index (χ2n) is 10.8. The first-order chi connectivity index (χ1) is 18.8. The zero-order chi connectivity index (χ0) is 29.4. The molecule has 0 bridgehead atoms. The van der Waals surface area contributed by atoms with E-state index in [1.165, 1.54) is 11.0 Å². The molecule has 12 heteroatoms. The molecule has 0 radical (unpaired) electrons. The lowest BCUT2D eigenvalue weighted by molar-refractivity contribution is -0.149. The van der Waals surface area contributed by atoms with Crippen molar-refractivity contribution in [2.45, 2.75) is 90.6 Å². The lowest BCUT2D eigenvalue weighted by Gasteiger charge is -2.36. The van der Waals surface area contributed by atoms with E-state index in [9.17, 15) is 27.6 Å². The largest absolute Gasteiger partial charge is 0.466 e. The zero-order valence-corrected chi connectivity index (χ0v) is 23.7. The van der Waals surface area contributed by atoms with Crippen molar-refractivity contribution >= 4 is 29.4 Å². The zero-order valence-electron chi connectivity index (χ0n) is 23.0. The van der Waals surface area contributed by atoms with Gasteiger partial charge < -0.3 is 15.0 Å². The molecule has 218 valence electrons. The predicted molar refractivity (Wildman–Crippen MR) is 144 cm³/mol. The Balaban J connectivity index is 1.65. The predicted octanol–water partition coefficient (Wildman–Crippen LogP) is 5.62. The number of benzene rings is 1. The van der Waals surface area contributed by atoms with Crippen molar-refractivity contribution in [3.63, 3.8) is 0 Å². The van der Waals surface area contributed by atoms with E-state index < -0.39 is 28.7 Å². The number of ether oxygens (including phenoxy) is 1. The molecule has 1 atom stereocenters. The molecule has 0 spiro atoms. The average Bonchev–Trinajstić information content (AvgIpc) is 2.88. The van der Waals surface area contributed by atoms with Gasteiger partial charge in [0.1, 0.15) is 0 Å². The summed E-state index contributed by atoms with van der Waals surface area (Å²) in [6, 6.07) is 2.46. The van der Waals surface area contributed by atoms with Crippen LogP contribution in [0.2, 0.25) is 5.02 Å². The minimum absolute atomic E-state index is 0.0161. The van der Waals surface area contributed by atoms with Crippen LogP contribution in [0.3, 0.4) is 0 Å². The van der Waals surface area contributed by atoms with Crippen molar-refractivity contribution in [1.29, 1.82) is 0 Å². The fraction of sp³-hybridized carbons (Fsp3) is 0.571. The lowest BCUT2D eigenvalue weighted by Crippen LogP contribution is -2.47. The number of carbonyl (C=O) groups excluding carboxylic acids is 2. The fourth-order valence-corrected chi connectivity index (χ4v) is 5.74. The number of alkyl halides is 3. The van der Waals surface area contributed by atoms with Gasteiger partial charge in [-0.3, -0.25) is 19.0 Å². The monoisotopic (exact) mass is 582 g/mol. The Kier molecular flexibility index (Phi) is 8.82. The van der Waals surface area contributed by atoms with Gasteiger partial charge >= 0.3 is 12.1 Å². The maximum atomic E-state index is 13.9. The summed E-state index contributed by atoms with van der Waals surface area (Å²) in [5.74, 6) is -0.614. The van der Waals surface area contributed by atoms with Gasteiger partial charge in [0, 0.05) is 29.3 Å². The van der Waals surface area contributed by atoms with Gasteiger partial charge in [0.25, 0.3) is 11.5 Å². The molecule has 1 fully saturated rings. The summed E-state index contributed by atoms with van der Waals surface area (Å²) >= 11 is 5.74. The van der Waals surface area contributed by atoms with Crippen LogP contribution in [-0.4, -0.2) is 45.0 Å². The van der Waals surface area contributed by atoms with Crippen LogP contribution in [0.15, 0.2) is 23.0 Å². The summed E-state index contributed by atoms with van der Waals surface area (Å²) < 4.78 is 47.1. The number of esters is 1. The average molecular weight is 583 g/mol. The van der Waals surface area contributed by atoms with Crippen molar-refractivity contribution < 1.29 is 27.5 Å². The van der Waals surface area contributed by atoms with Gasteiger partial charge in [-0.1, -0.05) is 11.6 Å². The Hall–Kier alpha value is -3.08. The normalized spacial score (nSPS) is 21.2. The summed E-state index contributed by atoms with van der Waals surface area (Å²) in [5.41, 5.74) is -0.504. The Morgan fingerprint density at radius 1 is 1.20 bits per heavy atom. The molecule has 1 aliphatic carbocycles. The van der Waals surface area contributed by atoms with Crippen LogP contribution in [0.5, 0.6) is 0 Å². The molecular weight excluding hydrogens is 549 g/mol. The Morgan fingerprint density at radius 2 is 1.88 bits per heavy atom. The molecule has 1 amide bonds. The second-order valence-corrected chi connectivity index (χ2v) is 11.2. The van der Waals surface area contributed by atoms with E-state index >= 15 is 0 Å². The van der Waals surface area contributed by atoms with Crippen molar-refractivity contribution in [3.8, 4) is 0 Å². The molecule has 8 nitrogen and oxygen atoms in total. The topological polar surface area (TPSA) is 93.5 Å². The first-order valence-electron chi connectivity index (χ1n) is 13.6. The first kappa shape index (κ1) is 29.9. The number of nitrogens with zero attached hydrogens (tertiary/aromatic N) is 3. The molecule has 0 unspecified atom stereocenters. The summed E-state index contributed by atoms with van der Waals surface area (Å²) in [5, 5.41) is 2.77. The first-order valence-corrected chi connectivity index (χ1v) is 13.9. The number of nitrogens with one attached hydrogen (secondary N) is 1. The highest BCUT2D eigenvalue weighted by molar-refractivity contribution is 6.31. The van der Waals surface area contributed by atoms with Crippen LogP contribution in [0.25, 0.3) is 0 Å². The van der Waals surface area contributed by atoms with Gasteiger partial charge in [-0.15, -0.1) is 0 Å². The van der Waals surface area contributed by atoms with Crippen LogP contribution < -0.4 is 10.9 Å². The summed E-state index contributed by atoms with van der Waals surface area (Å²) in [4.78, 5) is 45.6. The van der Waals surface area contributed by atoms with Gasteiger partial charge in [0.05, 0.1) is 35.3 Å². The molecule has 4 rings (SSSR count). The smallest absolute Gasteiger partial charge is 0.417 e. The molecule has 1 aromatic carbocycles. The molecule has 1 saturated carbocycles. The summed E-state index contributed by atoms with van der Waals surface area (Å²) in [6.45, 7) is 7.69. The number of rotatable bonds is 6. The molecule has 1 aromatic heterocycles. The number of halogens is 4. The van der Waals surface area contributed by atoms with Crippen molar-refractivity contribution in [3.05, 3.63) is 56.0 Å². The summed E-state index contributed by atoms with van der Waals surface area (Å²) in [6.07, 6.45) is -2.04. The fourth-order valence-electron chi connectivity index (χ4n) is 5.51. The van der Waals surface area contributed by atoms with Crippen LogP contribution >= 0.6 is 11.6 Å². The van der Waals surface area contributed by atoms with Gasteiger partial charge in [0.2, 0.25) is 5.95 Å². The van der Waals surface area contributed by atoms with E-state index in [4.69, 9.17) is 21.3 Å². The van der Waals surface area contributed by atoms with Crippen LogP contribution in [0.1, 0.15) is 86.6 Å². The van der Waals surface area contributed by atoms with Gasteiger partial charge in [-0.05, 0) is 78.0 Å². The van der Waals surface area contributed by atoms with Crippen LogP contribution in [0.4, 0.5) is 19.1 Å². The van der Waals surface area contributed by atoms with E-state index in [0.717, 1.165) is 12.1 Å². The number of hydrogen-bond donors (Lipinski definition) is 1. The number of hydrogen-bond acceptors (Lipinski definition) is 6. The van der Waals surface area contributed by atoms with Crippen molar-refractivity contribution in [2.24, 2.45) is 5.92 Å². The maximum Gasteiger partial charge on any atom is 0.417 e. The van der Waals surface area contributed by atoms with Gasteiger partial charge in [-0.25, -0.2) is 4.98 Å². The maximum absolute atomic E-state index is 13.9. The van der Waals surface area contributed by atoms with Gasteiger partial charge in [0.15, 0.2) is 0 Å². The van der Waals surface area contributed by atoms with Gasteiger partial charge in [-0.2, -0.15) is 13.2 Å². The minimum atomic E-state index is -4.70. The van der Waals surface area contributed by atoms with E-state index in [1.807, 2.05) is 13.8 Å². The highest BCUT2D eigenvalue weighted by Gasteiger charge is 2.37. The molecule has 40 heavy (non-hydrogen) atoms. The highest BCUT2D eigenvalue weighted by Crippen LogP contribution is 2.37. The summed E-state index contributed by atoms with van der Waals surface area (Å²) in [7, 11) is 0. The highest BCUT2D eigenvalue weighted by atomic mass is 35.5. The third-order valence-electron chi connectivity index (χ3n) is 7.53. The van der Waals surface area contributed by atoms with Crippen molar-refractivity contribution in [1.82, 2.24) is 14.5 Å². The van der Waals surface area contributed by atoms with Crippen molar-refractivity contribution in [2.75, 3.05) is 11.9 Å². The van der Waals surface area contributed by atoms with E-state index in [0.29, 0.717) is 49.5 Å². The Bertz CT molecular complexity index is 1340. The molecule has 1 aliphatic heterocycles. The molecule has 2 heterocycles. The van der Waals surface area contributed by atoms with E-state index in [2.05, 4.69) is 5.32 Å². The third-order valence-corrected chi connectivity index (χ3v) is 7.85. The SMILES string of the molecule is CCOC(=O)C1CCC(n2c(NC(C)C)nc3c(c2=O)C[C@@H](C)N(C(=O)c2ccc(Cl)c(C(F)(F)F)c2)C3)CC1. The number of amides is 1. The lowest BCUT2D eigenvalue weighted by atomic mass is 9.85. The number of anilines is 1. The second kappa shape index (κ2) is 11.8. The van der Waals surface area contributed by atoms with Crippen LogP contribution in [-0.2, 0) is 28.7 Å². The number of fused-ring (bicyclic) bond motifs is 1. The third kappa shape index (κ3) is 6.14. The molecule has 2 aromatic rings. The molecule has 1 N–H and O–H groups in total. The number of aromatic nitrogens is 2. The van der Waals surface area contributed by atoms with E-state index in [1.54, 1.807) is 18.4 Å². The number of carbonyl (C=O) groups is 2. The quantitative estimate of drug-likeness (QED) is 0.445.